The van der Waals surface area contributed by atoms with E-state index >= 15 is 0 Å². The van der Waals surface area contributed by atoms with Gasteiger partial charge in [-0.2, -0.15) is 0 Å². The van der Waals surface area contributed by atoms with Crippen molar-refractivity contribution < 1.29 is 9.21 Å². The normalized spacial score (nSPS) is 12.4. The molecule has 0 saturated carbocycles. The average molecular weight is 337 g/mol. The molecule has 0 aliphatic carbocycles. The number of nitrogens with one attached hydrogen (secondary N) is 1. The van der Waals surface area contributed by atoms with E-state index in [9.17, 15) is 4.79 Å². The molecule has 20 heavy (non-hydrogen) atoms. The maximum absolute atomic E-state index is 12.2. The van der Waals surface area contributed by atoms with Crippen molar-refractivity contribution in [2.45, 2.75) is 6.04 Å². The third-order valence-electron chi connectivity index (χ3n) is 2.85. The molecule has 0 spiro atoms. The first-order valence-electron chi connectivity index (χ1n) is 6.32. The van der Waals surface area contributed by atoms with Gasteiger partial charge in [0.2, 0.25) is 0 Å². The maximum atomic E-state index is 12.2. The topological polar surface area (TPSA) is 45.5 Å². The van der Waals surface area contributed by atoms with Crippen molar-refractivity contribution in [2.75, 3.05) is 20.6 Å². The molecule has 5 heteroatoms. The van der Waals surface area contributed by atoms with Crippen LogP contribution in [-0.2, 0) is 0 Å². The molecular weight excluding hydrogens is 320 g/mol. The Bertz CT molecular complexity index is 566. The minimum Gasteiger partial charge on any atom is -0.444 e. The highest BCUT2D eigenvalue weighted by molar-refractivity contribution is 9.10. The fourth-order valence-electron chi connectivity index (χ4n) is 1.95. The molecule has 106 valence electrons. The molecule has 1 N–H and O–H groups in total. The third-order valence-corrected chi connectivity index (χ3v) is 3.28. The molecule has 4 nitrogen and oxygen atoms in total. The van der Waals surface area contributed by atoms with Crippen LogP contribution in [0.5, 0.6) is 0 Å². The second-order valence-corrected chi connectivity index (χ2v) is 5.58. The zero-order valence-electron chi connectivity index (χ0n) is 11.5. The highest BCUT2D eigenvalue weighted by Crippen LogP contribution is 2.17. The first-order chi connectivity index (χ1) is 9.56. The molecule has 0 saturated heterocycles. The van der Waals surface area contributed by atoms with Crippen LogP contribution in [0.1, 0.15) is 22.2 Å². The number of amides is 1. The van der Waals surface area contributed by atoms with E-state index in [2.05, 4.69) is 21.2 Å². The van der Waals surface area contributed by atoms with Crippen LogP contribution < -0.4 is 5.32 Å². The van der Waals surface area contributed by atoms with Crippen molar-refractivity contribution in [3.8, 4) is 0 Å². The standard InChI is InChI=1S/C15H17BrN2O2/c1-18(2)10-12(11-6-4-3-5-7-11)17-15(19)13-8-9-14(16)20-13/h3-9,12H,10H2,1-2H3,(H,17,19)/t12-/m1/s1. The van der Waals surface area contributed by atoms with Crippen molar-refractivity contribution in [1.82, 2.24) is 10.2 Å². The Morgan fingerprint density at radius 1 is 1.25 bits per heavy atom. The van der Waals surface area contributed by atoms with Gasteiger partial charge in [-0.3, -0.25) is 4.79 Å². The quantitative estimate of drug-likeness (QED) is 0.912. The minimum absolute atomic E-state index is 0.0809. The van der Waals surface area contributed by atoms with Crippen LogP contribution >= 0.6 is 15.9 Å². The van der Waals surface area contributed by atoms with Gasteiger partial charge in [-0.1, -0.05) is 30.3 Å². The molecule has 1 atom stereocenters. The van der Waals surface area contributed by atoms with Gasteiger partial charge in [0, 0.05) is 6.54 Å². The van der Waals surface area contributed by atoms with Crippen LogP contribution in [0.2, 0.25) is 0 Å². The SMILES string of the molecule is CN(C)C[C@@H](NC(=O)c1ccc(Br)o1)c1ccccc1. The number of carbonyl (C=O) groups excluding carboxylic acids is 1. The van der Waals surface area contributed by atoms with Crippen LogP contribution in [0, 0.1) is 0 Å². The molecule has 0 radical (unpaired) electrons. The second kappa shape index (κ2) is 6.72. The molecule has 0 bridgehead atoms. The summed E-state index contributed by atoms with van der Waals surface area (Å²) in [4.78, 5) is 14.2. The van der Waals surface area contributed by atoms with Crippen LogP contribution in [-0.4, -0.2) is 31.4 Å². The monoisotopic (exact) mass is 336 g/mol. The van der Waals surface area contributed by atoms with Gasteiger partial charge in [0.1, 0.15) is 0 Å². The van der Waals surface area contributed by atoms with Gasteiger partial charge in [-0.15, -0.1) is 0 Å². The van der Waals surface area contributed by atoms with E-state index in [1.54, 1.807) is 12.1 Å². The number of halogens is 1. The predicted molar refractivity (Wildman–Crippen MR) is 81.6 cm³/mol. The summed E-state index contributed by atoms with van der Waals surface area (Å²) >= 11 is 3.20. The largest absolute Gasteiger partial charge is 0.444 e. The Morgan fingerprint density at radius 3 is 2.50 bits per heavy atom. The summed E-state index contributed by atoms with van der Waals surface area (Å²) in [5, 5.41) is 3.00. The fraction of sp³-hybridized carbons (Fsp3) is 0.267. The van der Waals surface area contributed by atoms with E-state index in [1.807, 2.05) is 49.3 Å². The van der Waals surface area contributed by atoms with Crippen molar-refractivity contribution in [2.24, 2.45) is 0 Å². The number of nitrogens with zero attached hydrogens (tertiary/aromatic N) is 1. The Kier molecular flexibility index (Phi) is 4.98. The number of likely N-dealkylation sites (N-methyl/N-ethyl adjacent to an activating group) is 1. The number of hydrogen-bond acceptors (Lipinski definition) is 3. The molecule has 0 aliphatic rings. The maximum Gasteiger partial charge on any atom is 0.287 e. The zero-order valence-corrected chi connectivity index (χ0v) is 13.1. The third kappa shape index (κ3) is 3.95. The highest BCUT2D eigenvalue weighted by atomic mass is 79.9. The molecule has 0 unspecified atom stereocenters. The lowest BCUT2D eigenvalue weighted by Gasteiger charge is -2.22. The van der Waals surface area contributed by atoms with Crippen molar-refractivity contribution in [3.63, 3.8) is 0 Å². The summed E-state index contributed by atoms with van der Waals surface area (Å²) in [6.45, 7) is 0.720. The number of hydrogen-bond donors (Lipinski definition) is 1. The number of furan rings is 1. The first-order valence-corrected chi connectivity index (χ1v) is 7.11. The second-order valence-electron chi connectivity index (χ2n) is 4.80. The lowest BCUT2D eigenvalue weighted by Crippen LogP contribution is -2.35. The van der Waals surface area contributed by atoms with Crippen molar-refractivity contribution in [3.05, 3.63) is 58.5 Å². The first kappa shape index (κ1) is 14.8. The molecule has 0 fully saturated rings. The summed E-state index contributed by atoms with van der Waals surface area (Å²) in [6.07, 6.45) is 0. The van der Waals surface area contributed by atoms with E-state index < -0.39 is 0 Å². The molecule has 2 rings (SSSR count). The Balaban J connectivity index is 2.14. The summed E-state index contributed by atoms with van der Waals surface area (Å²) in [7, 11) is 3.96. The molecule has 1 aromatic carbocycles. The highest BCUT2D eigenvalue weighted by Gasteiger charge is 2.18. The molecule has 1 heterocycles. The average Bonchev–Trinajstić information content (AvgIpc) is 2.85. The summed E-state index contributed by atoms with van der Waals surface area (Å²) in [5.41, 5.74) is 1.07. The zero-order chi connectivity index (χ0) is 14.5. The molecule has 2 aromatic rings. The molecule has 1 aromatic heterocycles. The number of rotatable bonds is 5. The van der Waals surface area contributed by atoms with Crippen LogP contribution in [0.3, 0.4) is 0 Å². The van der Waals surface area contributed by atoms with Gasteiger partial charge in [-0.05, 0) is 47.7 Å². The molecular formula is C15H17BrN2O2. The predicted octanol–water partition coefficient (Wildman–Crippen LogP) is 3.07. The summed E-state index contributed by atoms with van der Waals surface area (Å²) in [5.74, 6) is 0.0861. The fourth-order valence-corrected chi connectivity index (χ4v) is 2.26. The van der Waals surface area contributed by atoms with Crippen molar-refractivity contribution in [1.29, 1.82) is 0 Å². The van der Waals surface area contributed by atoms with E-state index in [-0.39, 0.29) is 11.9 Å². The summed E-state index contributed by atoms with van der Waals surface area (Å²) < 4.78 is 5.83. The number of carbonyl (C=O) groups is 1. The van der Waals surface area contributed by atoms with Gasteiger partial charge < -0.3 is 14.6 Å². The van der Waals surface area contributed by atoms with E-state index in [1.165, 1.54) is 0 Å². The molecule has 1 amide bonds. The van der Waals surface area contributed by atoms with Gasteiger partial charge in [0.05, 0.1) is 6.04 Å². The number of benzene rings is 1. The van der Waals surface area contributed by atoms with Gasteiger partial charge in [0.15, 0.2) is 10.4 Å². The van der Waals surface area contributed by atoms with Gasteiger partial charge in [0.25, 0.3) is 5.91 Å². The van der Waals surface area contributed by atoms with Crippen LogP contribution in [0.25, 0.3) is 0 Å². The lowest BCUT2D eigenvalue weighted by molar-refractivity contribution is 0.0900. The van der Waals surface area contributed by atoms with Gasteiger partial charge >= 0.3 is 0 Å². The molecule has 0 aliphatic heterocycles. The van der Waals surface area contributed by atoms with Crippen LogP contribution in [0.4, 0.5) is 0 Å². The summed E-state index contributed by atoms with van der Waals surface area (Å²) in [6, 6.07) is 13.2. The Morgan fingerprint density at radius 2 is 1.95 bits per heavy atom. The Hall–Kier alpha value is -1.59. The smallest absolute Gasteiger partial charge is 0.287 e. The van der Waals surface area contributed by atoms with Crippen molar-refractivity contribution >= 4 is 21.8 Å². The van der Waals surface area contributed by atoms with Gasteiger partial charge in [-0.25, -0.2) is 0 Å². The minimum atomic E-state index is -0.216. The van der Waals surface area contributed by atoms with E-state index in [0.29, 0.717) is 10.4 Å². The van der Waals surface area contributed by atoms with Crippen LogP contribution in [0.15, 0.2) is 51.6 Å². The Labute approximate surface area is 126 Å². The van der Waals surface area contributed by atoms with E-state index in [0.717, 1.165) is 12.1 Å². The van der Waals surface area contributed by atoms with E-state index in [4.69, 9.17) is 4.42 Å². The lowest BCUT2D eigenvalue weighted by atomic mass is 10.1.